The second-order valence-electron chi connectivity index (χ2n) is 7.09. The zero-order valence-corrected chi connectivity index (χ0v) is 16.4. The second kappa shape index (κ2) is 7.60. The Morgan fingerprint density at radius 3 is 2.96 bits per heavy atom. The third kappa shape index (κ3) is 3.78. The lowest BCUT2D eigenvalue weighted by Crippen LogP contribution is -2.40. The summed E-state index contributed by atoms with van der Waals surface area (Å²) < 4.78 is 2.02. The van der Waals surface area contributed by atoms with Gasteiger partial charge in [-0.2, -0.15) is 0 Å². The molecular weight excluding hydrogens is 358 g/mol. The van der Waals surface area contributed by atoms with E-state index in [0.29, 0.717) is 5.92 Å². The van der Waals surface area contributed by atoms with E-state index < -0.39 is 0 Å². The van der Waals surface area contributed by atoms with Gasteiger partial charge in [0.15, 0.2) is 0 Å². The first-order valence-corrected chi connectivity index (χ1v) is 10.1. The van der Waals surface area contributed by atoms with Crippen molar-refractivity contribution in [3.63, 3.8) is 0 Å². The maximum absolute atomic E-state index is 12.6. The highest BCUT2D eigenvalue weighted by Crippen LogP contribution is 2.24. The highest BCUT2D eigenvalue weighted by Gasteiger charge is 2.25. The first-order chi connectivity index (χ1) is 13.1. The van der Waals surface area contributed by atoms with Gasteiger partial charge in [-0.05, 0) is 43.6 Å². The minimum atomic E-state index is 0.153. The molecule has 6 nitrogen and oxygen atoms in total. The fourth-order valence-electron chi connectivity index (χ4n) is 3.64. The number of hydrogen-bond acceptors (Lipinski definition) is 5. The molecule has 1 saturated heterocycles. The van der Waals surface area contributed by atoms with E-state index in [-0.39, 0.29) is 5.91 Å². The predicted octanol–water partition coefficient (Wildman–Crippen LogP) is 3.34. The standard InChI is InChI=1S/C20H23N5OS/c1-14-22-12-18(24(14)2)17-11-21-10-16(23-17)9-15-5-3-7-25(13-15)20(26)19-6-4-8-27-19/h4,6,8,10-12,15H,3,5,7,9,13H2,1-2H3/t15-/m1/s1. The molecule has 27 heavy (non-hydrogen) atoms. The quantitative estimate of drug-likeness (QED) is 0.695. The summed E-state index contributed by atoms with van der Waals surface area (Å²) in [7, 11) is 1.99. The second-order valence-corrected chi connectivity index (χ2v) is 8.03. The molecule has 0 radical (unpaired) electrons. The summed E-state index contributed by atoms with van der Waals surface area (Å²) in [5, 5.41) is 1.95. The number of carbonyl (C=O) groups excluding carboxylic acids is 1. The monoisotopic (exact) mass is 381 g/mol. The van der Waals surface area contributed by atoms with Crippen LogP contribution in [0.5, 0.6) is 0 Å². The van der Waals surface area contributed by atoms with E-state index in [9.17, 15) is 4.79 Å². The maximum atomic E-state index is 12.6. The van der Waals surface area contributed by atoms with Crippen molar-refractivity contribution in [1.82, 2.24) is 24.4 Å². The van der Waals surface area contributed by atoms with Crippen LogP contribution in [0.4, 0.5) is 0 Å². The Bertz CT molecular complexity index is 934. The summed E-state index contributed by atoms with van der Waals surface area (Å²) in [5.74, 6) is 1.52. The van der Waals surface area contributed by atoms with Gasteiger partial charge in [-0.3, -0.25) is 9.78 Å². The van der Waals surface area contributed by atoms with E-state index in [4.69, 9.17) is 4.98 Å². The van der Waals surface area contributed by atoms with Gasteiger partial charge >= 0.3 is 0 Å². The largest absolute Gasteiger partial charge is 0.338 e. The van der Waals surface area contributed by atoms with Crippen LogP contribution in [-0.2, 0) is 13.5 Å². The van der Waals surface area contributed by atoms with E-state index >= 15 is 0 Å². The van der Waals surface area contributed by atoms with E-state index in [1.54, 1.807) is 6.20 Å². The van der Waals surface area contributed by atoms with Crippen molar-refractivity contribution in [2.24, 2.45) is 13.0 Å². The highest BCUT2D eigenvalue weighted by molar-refractivity contribution is 7.12. The summed E-state index contributed by atoms with van der Waals surface area (Å²) in [6.45, 7) is 3.60. The van der Waals surface area contributed by atoms with Gasteiger partial charge in [0.05, 0.1) is 28.7 Å². The minimum Gasteiger partial charge on any atom is -0.338 e. The molecule has 1 aliphatic rings. The molecule has 1 fully saturated rings. The van der Waals surface area contributed by atoms with Crippen LogP contribution in [0.25, 0.3) is 11.4 Å². The van der Waals surface area contributed by atoms with Crippen LogP contribution in [0.2, 0.25) is 0 Å². The molecule has 0 saturated carbocycles. The van der Waals surface area contributed by atoms with Crippen LogP contribution in [-0.4, -0.2) is 43.4 Å². The van der Waals surface area contributed by atoms with Crippen LogP contribution in [0, 0.1) is 12.8 Å². The molecule has 1 aliphatic heterocycles. The third-order valence-corrected chi connectivity index (χ3v) is 6.06. The average Bonchev–Trinajstić information content (AvgIpc) is 3.33. The van der Waals surface area contributed by atoms with Crippen LogP contribution in [0.1, 0.15) is 34.0 Å². The molecule has 0 aliphatic carbocycles. The number of nitrogens with zero attached hydrogens (tertiary/aromatic N) is 5. The van der Waals surface area contributed by atoms with E-state index in [0.717, 1.165) is 60.1 Å². The van der Waals surface area contributed by atoms with Crippen molar-refractivity contribution < 1.29 is 4.79 Å². The van der Waals surface area contributed by atoms with Crippen LogP contribution in [0.15, 0.2) is 36.1 Å². The molecule has 4 heterocycles. The number of hydrogen-bond donors (Lipinski definition) is 0. The Kier molecular flexibility index (Phi) is 5.03. The summed E-state index contributed by atoms with van der Waals surface area (Å²) in [5.41, 5.74) is 2.79. The van der Waals surface area contributed by atoms with E-state index in [1.165, 1.54) is 11.3 Å². The van der Waals surface area contributed by atoms with Gasteiger partial charge in [0.2, 0.25) is 0 Å². The Labute approximate surface area is 162 Å². The number of aryl methyl sites for hydroxylation is 1. The van der Waals surface area contributed by atoms with Crippen LogP contribution < -0.4 is 0 Å². The van der Waals surface area contributed by atoms with E-state index in [1.807, 2.05) is 53.3 Å². The first-order valence-electron chi connectivity index (χ1n) is 9.24. The Hall–Kier alpha value is -2.54. The molecule has 0 unspecified atom stereocenters. The lowest BCUT2D eigenvalue weighted by molar-refractivity contribution is 0.0677. The van der Waals surface area contributed by atoms with Gasteiger partial charge in [0.1, 0.15) is 11.5 Å². The summed E-state index contributed by atoms with van der Waals surface area (Å²) in [4.78, 5) is 29.0. The Morgan fingerprint density at radius 1 is 1.33 bits per heavy atom. The molecule has 140 valence electrons. The smallest absolute Gasteiger partial charge is 0.263 e. The summed E-state index contributed by atoms with van der Waals surface area (Å²) in [6, 6.07) is 3.84. The topological polar surface area (TPSA) is 63.9 Å². The molecular formula is C20H23N5OS. The number of piperidine rings is 1. The zero-order valence-electron chi connectivity index (χ0n) is 15.6. The van der Waals surface area contributed by atoms with Gasteiger partial charge in [-0.15, -0.1) is 11.3 Å². The molecule has 3 aromatic rings. The minimum absolute atomic E-state index is 0.153. The number of thiophene rings is 1. The molecule has 0 spiro atoms. The van der Waals surface area contributed by atoms with Crippen LogP contribution >= 0.6 is 11.3 Å². The molecule has 3 aromatic heterocycles. The molecule has 0 bridgehead atoms. The van der Waals surface area contributed by atoms with Crippen molar-refractivity contribution in [3.8, 4) is 11.4 Å². The van der Waals surface area contributed by atoms with Gasteiger partial charge in [0, 0.05) is 26.3 Å². The number of rotatable bonds is 4. The number of amides is 1. The number of carbonyl (C=O) groups is 1. The maximum Gasteiger partial charge on any atom is 0.263 e. The molecule has 4 rings (SSSR count). The van der Waals surface area contributed by atoms with Crippen molar-refractivity contribution in [3.05, 3.63) is 52.5 Å². The summed E-state index contributed by atoms with van der Waals surface area (Å²) in [6.07, 6.45) is 8.46. The van der Waals surface area contributed by atoms with Crippen molar-refractivity contribution >= 4 is 17.2 Å². The van der Waals surface area contributed by atoms with Crippen molar-refractivity contribution in [2.75, 3.05) is 13.1 Å². The van der Waals surface area contributed by atoms with Gasteiger partial charge in [-0.25, -0.2) is 9.97 Å². The zero-order chi connectivity index (χ0) is 18.8. The van der Waals surface area contributed by atoms with Gasteiger partial charge < -0.3 is 9.47 Å². The number of imidazole rings is 1. The number of likely N-dealkylation sites (tertiary alicyclic amines) is 1. The van der Waals surface area contributed by atoms with Crippen LogP contribution in [0.3, 0.4) is 0 Å². The Morgan fingerprint density at radius 2 is 2.22 bits per heavy atom. The van der Waals surface area contributed by atoms with Crippen molar-refractivity contribution in [2.45, 2.75) is 26.2 Å². The van der Waals surface area contributed by atoms with Crippen molar-refractivity contribution in [1.29, 1.82) is 0 Å². The Balaban J connectivity index is 1.47. The first kappa shape index (κ1) is 17.9. The highest BCUT2D eigenvalue weighted by atomic mass is 32.1. The van der Waals surface area contributed by atoms with E-state index in [2.05, 4.69) is 9.97 Å². The van der Waals surface area contributed by atoms with Gasteiger partial charge in [-0.1, -0.05) is 6.07 Å². The molecule has 0 N–H and O–H groups in total. The van der Waals surface area contributed by atoms with Gasteiger partial charge in [0.25, 0.3) is 5.91 Å². The molecule has 7 heteroatoms. The lowest BCUT2D eigenvalue weighted by atomic mass is 9.93. The fraction of sp³-hybridized carbons (Fsp3) is 0.400. The molecule has 1 atom stereocenters. The molecule has 1 amide bonds. The number of aromatic nitrogens is 4. The fourth-order valence-corrected chi connectivity index (χ4v) is 4.33. The molecule has 0 aromatic carbocycles. The normalized spacial score (nSPS) is 17.3. The average molecular weight is 382 g/mol. The third-order valence-electron chi connectivity index (χ3n) is 5.20. The predicted molar refractivity (Wildman–Crippen MR) is 106 cm³/mol. The SMILES string of the molecule is Cc1ncc(-c2cncc(C[C@H]3CCCN(C(=O)c4cccs4)C3)n2)n1C. The lowest BCUT2D eigenvalue weighted by Gasteiger charge is -2.32. The summed E-state index contributed by atoms with van der Waals surface area (Å²) >= 11 is 1.51.